The highest BCUT2D eigenvalue weighted by atomic mass is 16.5. The number of hydrogen-bond donors (Lipinski definition) is 1. The molecule has 4 fully saturated rings. The number of nitrogens with zero attached hydrogens (tertiary/aromatic N) is 4. The van der Waals surface area contributed by atoms with Crippen molar-refractivity contribution in [2.45, 2.75) is 51.4 Å². The molecule has 2 saturated carbocycles. The summed E-state index contributed by atoms with van der Waals surface area (Å²) >= 11 is 0. The summed E-state index contributed by atoms with van der Waals surface area (Å²) in [6.07, 6.45) is 11.5. The lowest BCUT2D eigenvalue weighted by Crippen LogP contribution is -2.39. The fourth-order valence-electron chi connectivity index (χ4n) is 5.86. The summed E-state index contributed by atoms with van der Waals surface area (Å²) in [7, 11) is 0. The molecule has 4 aliphatic rings. The predicted molar refractivity (Wildman–Crippen MR) is 116 cm³/mol. The average molecular weight is 400 g/mol. The molecule has 1 aromatic rings. The summed E-state index contributed by atoms with van der Waals surface area (Å²) in [6.45, 7) is 8.43. The van der Waals surface area contributed by atoms with Gasteiger partial charge in [0.2, 0.25) is 0 Å². The molecular weight excluding hydrogens is 362 g/mol. The predicted octanol–water partition coefficient (Wildman–Crippen LogP) is 3.41. The zero-order valence-electron chi connectivity index (χ0n) is 17.8. The molecule has 3 heterocycles. The maximum Gasteiger partial charge on any atom is 0.151 e. The lowest BCUT2D eigenvalue weighted by atomic mass is 9.86. The number of piperidine rings is 1. The Kier molecular flexibility index (Phi) is 5.91. The molecular formula is C23H37N5O. The van der Waals surface area contributed by atoms with Gasteiger partial charge in [-0.1, -0.05) is 19.3 Å². The largest absolute Gasteiger partial charge is 0.378 e. The third-order valence-corrected chi connectivity index (χ3v) is 7.97. The second kappa shape index (κ2) is 8.76. The first-order valence-corrected chi connectivity index (χ1v) is 11.9. The van der Waals surface area contributed by atoms with Gasteiger partial charge in [0.1, 0.15) is 5.82 Å². The van der Waals surface area contributed by atoms with Gasteiger partial charge in [0.05, 0.1) is 13.2 Å². The minimum Gasteiger partial charge on any atom is -0.378 e. The Morgan fingerprint density at radius 1 is 1.00 bits per heavy atom. The summed E-state index contributed by atoms with van der Waals surface area (Å²) in [4.78, 5) is 5.01. The van der Waals surface area contributed by atoms with Crippen molar-refractivity contribution in [3.05, 3.63) is 12.1 Å². The summed E-state index contributed by atoms with van der Waals surface area (Å²) in [5, 5.41) is 12.4. The molecule has 0 bridgehead atoms. The molecule has 1 aromatic heterocycles. The van der Waals surface area contributed by atoms with Gasteiger partial charge in [0, 0.05) is 26.2 Å². The van der Waals surface area contributed by atoms with Gasteiger partial charge in [-0.05, 0) is 74.6 Å². The van der Waals surface area contributed by atoms with Crippen molar-refractivity contribution in [3.63, 3.8) is 0 Å². The van der Waals surface area contributed by atoms with E-state index in [9.17, 15) is 0 Å². The fourth-order valence-corrected chi connectivity index (χ4v) is 5.86. The zero-order valence-corrected chi connectivity index (χ0v) is 17.8. The molecule has 2 aliphatic heterocycles. The van der Waals surface area contributed by atoms with Crippen molar-refractivity contribution in [3.8, 4) is 0 Å². The number of anilines is 2. The van der Waals surface area contributed by atoms with E-state index >= 15 is 0 Å². The second-order valence-corrected chi connectivity index (χ2v) is 9.83. The normalized spacial score (nSPS) is 27.9. The molecule has 0 radical (unpaired) electrons. The maximum atomic E-state index is 5.41. The Labute approximate surface area is 175 Å². The van der Waals surface area contributed by atoms with Crippen LogP contribution in [0.3, 0.4) is 0 Å². The summed E-state index contributed by atoms with van der Waals surface area (Å²) in [5.74, 6) is 3.68. The van der Waals surface area contributed by atoms with Gasteiger partial charge in [-0.15, -0.1) is 10.2 Å². The molecule has 2 aliphatic carbocycles. The second-order valence-electron chi connectivity index (χ2n) is 9.83. The third kappa shape index (κ3) is 4.69. The van der Waals surface area contributed by atoms with Crippen LogP contribution in [-0.2, 0) is 4.74 Å². The Bertz CT molecular complexity index is 646. The van der Waals surface area contributed by atoms with E-state index < -0.39 is 0 Å². The van der Waals surface area contributed by atoms with E-state index in [4.69, 9.17) is 4.74 Å². The SMILES string of the molecule is c1cc(N2CCOCC2)nnc1NCC1CC12CCN(CC1CCCCC1)CC2. The molecule has 160 valence electrons. The number of ether oxygens (including phenoxy) is 1. The molecule has 1 unspecified atom stereocenters. The van der Waals surface area contributed by atoms with Crippen molar-refractivity contribution < 1.29 is 4.74 Å². The van der Waals surface area contributed by atoms with Crippen LogP contribution in [0.5, 0.6) is 0 Å². The summed E-state index contributed by atoms with van der Waals surface area (Å²) < 4.78 is 5.41. The van der Waals surface area contributed by atoms with Crippen LogP contribution >= 0.6 is 0 Å². The molecule has 1 N–H and O–H groups in total. The lowest BCUT2D eigenvalue weighted by molar-refractivity contribution is 0.122. The van der Waals surface area contributed by atoms with Crippen molar-refractivity contribution in [2.24, 2.45) is 17.3 Å². The van der Waals surface area contributed by atoms with E-state index in [1.165, 1.54) is 71.0 Å². The standard InChI is InChI=1S/C23H37N5O/c1-2-4-19(5-3-1)18-27-10-8-23(9-11-27)16-20(23)17-24-21-6-7-22(26-25-21)28-12-14-29-15-13-28/h6-7,19-20H,1-5,8-18H2,(H,24,25). The van der Waals surface area contributed by atoms with Crippen molar-refractivity contribution >= 4 is 11.6 Å². The van der Waals surface area contributed by atoms with E-state index in [-0.39, 0.29) is 0 Å². The van der Waals surface area contributed by atoms with E-state index in [1.54, 1.807) is 0 Å². The molecule has 2 saturated heterocycles. The number of rotatable bonds is 6. The van der Waals surface area contributed by atoms with Crippen LogP contribution in [0.15, 0.2) is 12.1 Å². The first-order chi connectivity index (χ1) is 14.3. The highest BCUT2D eigenvalue weighted by molar-refractivity contribution is 5.43. The van der Waals surface area contributed by atoms with Gasteiger partial charge in [-0.3, -0.25) is 0 Å². The van der Waals surface area contributed by atoms with Crippen LogP contribution in [-0.4, -0.2) is 67.6 Å². The van der Waals surface area contributed by atoms with Gasteiger partial charge in [-0.25, -0.2) is 0 Å². The summed E-state index contributed by atoms with van der Waals surface area (Å²) in [5.41, 5.74) is 0.622. The van der Waals surface area contributed by atoms with Gasteiger partial charge < -0.3 is 19.9 Å². The lowest BCUT2D eigenvalue weighted by Gasteiger charge is -2.36. The maximum absolute atomic E-state index is 5.41. The zero-order chi connectivity index (χ0) is 19.5. The minimum atomic E-state index is 0.622. The molecule has 1 spiro atoms. The van der Waals surface area contributed by atoms with Crippen molar-refractivity contribution in [2.75, 3.05) is 62.7 Å². The van der Waals surface area contributed by atoms with Crippen molar-refractivity contribution in [1.82, 2.24) is 15.1 Å². The quantitative estimate of drug-likeness (QED) is 0.791. The Morgan fingerprint density at radius 3 is 2.52 bits per heavy atom. The fraction of sp³-hybridized carbons (Fsp3) is 0.826. The van der Waals surface area contributed by atoms with E-state index in [0.717, 1.165) is 56.3 Å². The molecule has 5 rings (SSSR count). The van der Waals surface area contributed by atoms with Crippen LogP contribution in [0.2, 0.25) is 0 Å². The van der Waals surface area contributed by atoms with Crippen LogP contribution in [0.4, 0.5) is 11.6 Å². The first kappa shape index (κ1) is 19.6. The van der Waals surface area contributed by atoms with Crippen LogP contribution in [0.1, 0.15) is 51.4 Å². The number of morpholine rings is 1. The monoisotopic (exact) mass is 399 g/mol. The molecule has 0 aromatic carbocycles. The third-order valence-electron chi connectivity index (χ3n) is 7.97. The van der Waals surface area contributed by atoms with Crippen LogP contribution in [0.25, 0.3) is 0 Å². The first-order valence-electron chi connectivity index (χ1n) is 11.9. The number of likely N-dealkylation sites (tertiary alicyclic amines) is 1. The van der Waals surface area contributed by atoms with Crippen molar-refractivity contribution in [1.29, 1.82) is 0 Å². The van der Waals surface area contributed by atoms with E-state index in [1.807, 2.05) is 0 Å². The number of nitrogens with one attached hydrogen (secondary N) is 1. The highest BCUT2D eigenvalue weighted by Gasteiger charge is 2.54. The Morgan fingerprint density at radius 2 is 1.79 bits per heavy atom. The van der Waals surface area contributed by atoms with E-state index in [0.29, 0.717) is 5.41 Å². The average Bonchev–Trinajstić information content (AvgIpc) is 3.47. The van der Waals surface area contributed by atoms with Crippen LogP contribution < -0.4 is 10.2 Å². The van der Waals surface area contributed by atoms with Gasteiger partial charge in [-0.2, -0.15) is 0 Å². The molecule has 29 heavy (non-hydrogen) atoms. The molecule has 6 nitrogen and oxygen atoms in total. The topological polar surface area (TPSA) is 53.5 Å². The number of hydrogen-bond acceptors (Lipinski definition) is 6. The van der Waals surface area contributed by atoms with Gasteiger partial charge >= 0.3 is 0 Å². The Balaban J connectivity index is 1.04. The molecule has 6 heteroatoms. The smallest absolute Gasteiger partial charge is 0.151 e. The number of aromatic nitrogens is 2. The Hall–Kier alpha value is -1.40. The van der Waals surface area contributed by atoms with Gasteiger partial charge in [0.25, 0.3) is 0 Å². The van der Waals surface area contributed by atoms with Crippen LogP contribution in [0, 0.1) is 17.3 Å². The van der Waals surface area contributed by atoms with Gasteiger partial charge in [0.15, 0.2) is 5.82 Å². The molecule has 1 atom stereocenters. The van der Waals surface area contributed by atoms with E-state index in [2.05, 4.69) is 37.4 Å². The minimum absolute atomic E-state index is 0.622. The highest BCUT2D eigenvalue weighted by Crippen LogP contribution is 2.59. The summed E-state index contributed by atoms with van der Waals surface area (Å²) in [6, 6.07) is 4.17. The molecule has 0 amide bonds.